The molecule has 2 fully saturated rings. The van der Waals surface area contributed by atoms with Crippen LogP contribution in [-0.4, -0.2) is 35.7 Å². The van der Waals surface area contributed by atoms with Gasteiger partial charge in [0.1, 0.15) is 5.78 Å². The van der Waals surface area contributed by atoms with Crippen LogP contribution in [0.4, 0.5) is 0 Å². The molecule has 2 rings (SSSR count). The Hall–Kier alpha value is -0.0800. The third-order valence-electron chi connectivity index (χ3n) is 3.30. The maximum absolute atomic E-state index is 11.4. The Labute approximate surface area is 84.2 Å². The number of piperidine rings is 1. The Bertz CT molecular complexity index is 207. The normalized spacial score (nSPS) is 35.0. The molecule has 0 spiro atoms. The summed E-state index contributed by atoms with van der Waals surface area (Å²) in [5.41, 5.74) is 0. The van der Waals surface area contributed by atoms with E-state index in [1.165, 1.54) is 12.8 Å². The molecule has 0 N–H and O–H groups in total. The number of halogens is 1. The minimum Gasteiger partial charge on any atom is -0.300 e. The molecule has 1 heterocycles. The van der Waals surface area contributed by atoms with Gasteiger partial charge in [-0.05, 0) is 25.3 Å². The smallest absolute Gasteiger partial charge is 0.134 e. The molecule has 74 valence electrons. The highest BCUT2D eigenvalue weighted by Crippen LogP contribution is 2.32. The van der Waals surface area contributed by atoms with Gasteiger partial charge in [-0.2, -0.15) is 0 Å². The minimum atomic E-state index is 0.459. The summed E-state index contributed by atoms with van der Waals surface area (Å²) >= 11 is 5.72. The van der Waals surface area contributed by atoms with E-state index in [0.717, 1.165) is 25.9 Å². The van der Waals surface area contributed by atoms with Gasteiger partial charge >= 0.3 is 0 Å². The number of hydrogen-bond donors (Lipinski definition) is 0. The largest absolute Gasteiger partial charge is 0.300 e. The summed E-state index contributed by atoms with van der Waals surface area (Å²) in [6, 6.07) is 0.513. The second-order valence-corrected chi connectivity index (χ2v) is 4.59. The summed E-state index contributed by atoms with van der Waals surface area (Å²) in [5, 5.41) is 0. The van der Waals surface area contributed by atoms with Crippen molar-refractivity contribution >= 4 is 17.4 Å². The van der Waals surface area contributed by atoms with Crippen LogP contribution in [-0.2, 0) is 4.79 Å². The molecule has 0 aromatic heterocycles. The molecule has 0 aromatic rings. The molecule has 2 aliphatic rings. The number of likely N-dealkylation sites (tertiary alicyclic amines) is 1. The van der Waals surface area contributed by atoms with Crippen molar-refractivity contribution in [1.29, 1.82) is 0 Å². The Kier molecular flexibility index (Phi) is 2.89. The molecular weight excluding hydrogens is 186 g/mol. The lowest BCUT2D eigenvalue weighted by Gasteiger charge is -2.42. The average Bonchev–Trinajstić information content (AvgIpc) is 2.10. The zero-order valence-corrected chi connectivity index (χ0v) is 8.59. The summed E-state index contributed by atoms with van der Waals surface area (Å²) in [6.07, 6.45) is 4.03. The third-order valence-corrected chi connectivity index (χ3v) is 3.47. The number of Topliss-reactive ketones (excluding diaryl/α,β-unsaturated/α-hetero) is 1. The minimum absolute atomic E-state index is 0.459. The van der Waals surface area contributed by atoms with Crippen LogP contribution in [0.3, 0.4) is 0 Å². The fourth-order valence-electron chi connectivity index (χ4n) is 2.65. The van der Waals surface area contributed by atoms with Gasteiger partial charge in [0.25, 0.3) is 0 Å². The van der Waals surface area contributed by atoms with Gasteiger partial charge in [-0.1, -0.05) is 0 Å². The summed E-state index contributed by atoms with van der Waals surface area (Å²) in [4.78, 5) is 13.8. The van der Waals surface area contributed by atoms with Crippen LogP contribution in [0.1, 0.15) is 25.7 Å². The van der Waals surface area contributed by atoms with E-state index in [4.69, 9.17) is 11.6 Å². The fraction of sp³-hybridized carbons (Fsp3) is 0.900. The molecule has 1 aliphatic heterocycles. The van der Waals surface area contributed by atoms with Crippen molar-refractivity contribution in [3.63, 3.8) is 0 Å². The van der Waals surface area contributed by atoms with Crippen LogP contribution < -0.4 is 0 Å². The molecule has 0 amide bonds. The second kappa shape index (κ2) is 3.97. The van der Waals surface area contributed by atoms with Crippen molar-refractivity contribution < 1.29 is 4.79 Å². The molecule has 1 saturated carbocycles. The predicted octanol–water partition coefficient (Wildman–Crippen LogP) is 1.67. The molecule has 1 aliphatic carbocycles. The van der Waals surface area contributed by atoms with E-state index in [2.05, 4.69) is 4.90 Å². The molecule has 2 atom stereocenters. The van der Waals surface area contributed by atoms with Gasteiger partial charge in [0.2, 0.25) is 0 Å². The van der Waals surface area contributed by atoms with Crippen LogP contribution in [0.15, 0.2) is 0 Å². The number of carbonyl (C=O) groups excluding carboxylic acids is 1. The van der Waals surface area contributed by atoms with E-state index < -0.39 is 0 Å². The highest BCUT2D eigenvalue weighted by molar-refractivity contribution is 6.18. The SMILES string of the molecule is O=C1C[C@@H]2CCN(CCCl)[C@H](C1)C2. The standard InChI is InChI=1S/C10H16ClNO/c11-2-4-12-3-1-8-5-9(12)7-10(13)6-8/h8-9H,1-7H2/t8-,9+/m1/s1. The number of alkyl halides is 1. The van der Waals surface area contributed by atoms with E-state index in [1.54, 1.807) is 0 Å². The van der Waals surface area contributed by atoms with Gasteiger partial charge in [0.05, 0.1) is 0 Å². The number of nitrogens with zero attached hydrogens (tertiary/aromatic N) is 1. The summed E-state index contributed by atoms with van der Waals surface area (Å²) in [6.45, 7) is 2.10. The van der Waals surface area contributed by atoms with Gasteiger partial charge in [-0.3, -0.25) is 9.69 Å². The van der Waals surface area contributed by atoms with Crippen LogP contribution >= 0.6 is 11.6 Å². The lowest BCUT2D eigenvalue weighted by Crippen LogP contribution is -2.47. The van der Waals surface area contributed by atoms with Crippen LogP contribution in [0.2, 0.25) is 0 Å². The maximum Gasteiger partial charge on any atom is 0.134 e. The Morgan fingerprint density at radius 3 is 3.08 bits per heavy atom. The molecule has 3 heteroatoms. The zero-order chi connectivity index (χ0) is 9.26. The number of carbonyl (C=O) groups is 1. The Balaban J connectivity index is 1.98. The van der Waals surface area contributed by atoms with E-state index in [1.807, 2.05) is 0 Å². The van der Waals surface area contributed by atoms with Crippen molar-refractivity contribution in [2.24, 2.45) is 5.92 Å². The van der Waals surface area contributed by atoms with Crippen molar-refractivity contribution in [3.8, 4) is 0 Å². The molecule has 0 radical (unpaired) electrons. The molecule has 0 aromatic carbocycles. The van der Waals surface area contributed by atoms with E-state index in [-0.39, 0.29) is 0 Å². The van der Waals surface area contributed by atoms with Gasteiger partial charge in [0.15, 0.2) is 0 Å². The van der Waals surface area contributed by atoms with Crippen molar-refractivity contribution in [3.05, 3.63) is 0 Å². The highest BCUT2D eigenvalue weighted by atomic mass is 35.5. The number of ketones is 1. The summed E-state index contributed by atoms with van der Waals surface area (Å²) in [7, 11) is 0. The number of rotatable bonds is 2. The lowest BCUT2D eigenvalue weighted by molar-refractivity contribution is -0.125. The van der Waals surface area contributed by atoms with Gasteiger partial charge < -0.3 is 0 Å². The Morgan fingerprint density at radius 1 is 1.46 bits per heavy atom. The maximum atomic E-state index is 11.4. The molecule has 13 heavy (non-hydrogen) atoms. The van der Waals surface area contributed by atoms with Crippen LogP contribution in [0.5, 0.6) is 0 Å². The zero-order valence-electron chi connectivity index (χ0n) is 7.84. The number of fused-ring (bicyclic) bond motifs is 2. The quantitative estimate of drug-likeness (QED) is 0.634. The fourth-order valence-corrected chi connectivity index (χ4v) is 2.87. The first-order chi connectivity index (χ1) is 6.29. The number of hydrogen-bond acceptors (Lipinski definition) is 2. The van der Waals surface area contributed by atoms with Gasteiger partial charge in [-0.25, -0.2) is 0 Å². The van der Waals surface area contributed by atoms with Crippen molar-refractivity contribution in [2.45, 2.75) is 31.7 Å². The van der Waals surface area contributed by atoms with E-state index in [9.17, 15) is 4.79 Å². The Morgan fingerprint density at radius 2 is 2.31 bits per heavy atom. The van der Waals surface area contributed by atoms with Gasteiger partial charge in [0, 0.05) is 31.3 Å². The molecule has 2 nitrogen and oxygen atoms in total. The first-order valence-electron chi connectivity index (χ1n) is 5.11. The second-order valence-electron chi connectivity index (χ2n) is 4.22. The lowest BCUT2D eigenvalue weighted by atomic mass is 9.79. The van der Waals surface area contributed by atoms with Crippen molar-refractivity contribution in [1.82, 2.24) is 4.90 Å². The molecule has 1 saturated heterocycles. The summed E-state index contributed by atoms with van der Waals surface area (Å²) < 4.78 is 0. The van der Waals surface area contributed by atoms with E-state index in [0.29, 0.717) is 23.6 Å². The van der Waals surface area contributed by atoms with E-state index >= 15 is 0 Å². The highest BCUT2D eigenvalue weighted by Gasteiger charge is 2.34. The molecule has 2 bridgehead atoms. The first kappa shape index (κ1) is 9.47. The van der Waals surface area contributed by atoms with Crippen molar-refractivity contribution in [2.75, 3.05) is 19.0 Å². The first-order valence-corrected chi connectivity index (χ1v) is 5.64. The monoisotopic (exact) mass is 201 g/mol. The average molecular weight is 202 g/mol. The van der Waals surface area contributed by atoms with Crippen LogP contribution in [0, 0.1) is 5.92 Å². The molecular formula is C10H16ClNO. The molecule has 0 unspecified atom stereocenters. The summed E-state index contributed by atoms with van der Waals surface area (Å²) in [5.74, 6) is 1.83. The predicted molar refractivity (Wildman–Crippen MR) is 53.0 cm³/mol. The third kappa shape index (κ3) is 2.05. The van der Waals surface area contributed by atoms with Gasteiger partial charge in [-0.15, -0.1) is 11.6 Å². The topological polar surface area (TPSA) is 20.3 Å². The van der Waals surface area contributed by atoms with Crippen LogP contribution in [0.25, 0.3) is 0 Å².